The van der Waals surface area contributed by atoms with Gasteiger partial charge in [-0.1, -0.05) is 12.1 Å². The smallest absolute Gasteiger partial charge is 0.270 e. The number of H-pyrrole nitrogens is 1. The SMILES string of the molecule is Cc1c(C(=O)N2CCCC[C@@H]2CCn2ccnc2C)[nH]c2c(F)cccc12. The summed E-state index contributed by atoms with van der Waals surface area (Å²) in [7, 11) is 0. The number of aromatic amines is 1. The van der Waals surface area contributed by atoms with E-state index in [-0.39, 0.29) is 17.8 Å². The normalized spacial score (nSPS) is 17.6. The number of hydrogen-bond donors (Lipinski definition) is 1. The minimum atomic E-state index is -0.319. The number of nitrogens with one attached hydrogen (secondary N) is 1. The first-order valence-corrected chi connectivity index (χ1v) is 9.61. The summed E-state index contributed by atoms with van der Waals surface area (Å²) >= 11 is 0. The fourth-order valence-electron chi connectivity index (χ4n) is 4.17. The summed E-state index contributed by atoms with van der Waals surface area (Å²) in [5, 5.41) is 0.779. The Bertz CT molecular complexity index is 974. The van der Waals surface area contributed by atoms with E-state index in [0.717, 1.165) is 55.5 Å². The van der Waals surface area contributed by atoms with Gasteiger partial charge < -0.3 is 14.5 Å². The summed E-state index contributed by atoms with van der Waals surface area (Å²) < 4.78 is 16.2. The summed E-state index contributed by atoms with van der Waals surface area (Å²) in [4.78, 5) is 22.6. The van der Waals surface area contributed by atoms with E-state index in [1.54, 1.807) is 6.07 Å². The fourth-order valence-corrected chi connectivity index (χ4v) is 4.17. The molecule has 1 amide bonds. The van der Waals surface area contributed by atoms with E-state index in [0.29, 0.717) is 11.2 Å². The standard InChI is InChI=1S/C21H25FN4O/c1-14-17-7-5-8-18(22)20(17)24-19(14)21(27)26-11-4-3-6-16(26)9-12-25-13-10-23-15(25)2/h5,7-8,10,13,16,24H,3-4,6,9,11-12H2,1-2H3/t16-/m1/s1. The average molecular weight is 368 g/mol. The van der Waals surface area contributed by atoms with Crippen LogP contribution >= 0.6 is 0 Å². The molecule has 0 saturated carbocycles. The van der Waals surface area contributed by atoms with E-state index in [1.807, 2.05) is 37.2 Å². The second-order valence-corrected chi connectivity index (χ2v) is 7.39. The van der Waals surface area contributed by atoms with Crippen molar-refractivity contribution in [1.29, 1.82) is 0 Å². The Kier molecular flexibility index (Phi) is 4.72. The van der Waals surface area contributed by atoms with Crippen molar-refractivity contribution >= 4 is 16.8 Å². The van der Waals surface area contributed by atoms with Gasteiger partial charge in [0.15, 0.2) is 0 Å². The summed E-state index contributed by atoms with van der Waals surface area (Å²) in [5.74, 6) is 0.654. The molecule has 1 aliphatic heterocycles. The maximum Gasteiger partial charge on any atom is 0.270 e. The molecule has 1 aromatic carbocycles. The Balaban J connectivity index is 1.58. The molecule has 6 heteroatoms. The van der Waals surface area contributed by atoms with Crippen molar-refractivity contribution in [2.45, 2.75) is 52.1 Å². The molecule has 3 aromatic rings. The van der Waals surface area contributed by atoms with Gasteiger partial charge in [-0.15, -0.1) is 0 Å². The summed E-state index contributed by atoms with van der Waals surface area (Å²) in [5.41, 5.74) is 1.76. The Labute approximate surface area is 158 Å². The van der Waals surface area contributed by atoms with Crippen LogP contribution in [0.25, 0.3) is 10.9 Å². The van der Waals surface area contributed by atoms with Gasteiger partial charge in [0.1, 0.15) is 17.3 Å². The lowest BCUT2D eigenvalue weighted by Crippen LogP contribution is -2.44. The zero-order valence-corrected chi connectivity index (χ0v) is 15.8. The van der Waals surface area contributed by atoms with E-state index in [4.69, 9.17) is 0 Å². The third-order valence-corrected chi connectivity index (χ3v) is 5.77. The largest absolute Gasteiger partial charge is 0.348 e. The number of hydrogen-bond acceptors (Lipinski definition) is 2. The van der Waals surface area contributed by atoms with E-state index < -0.39 is 0 Å². The molecule has 0 radical (unpaired) electrons. The lowest BCUT2D eigenvalue weighted by Gasteiger charge is -2.36. The summed E-state index contributed by atoms with van der Waals surface area (Å²) in [6.45, 7) is 5.48. The highest BCUT2D eigenvalue weighted by Gasteiger charge is 2.29. The molecular formula is C21H25FN4O. The quantitative estimate of drug-likeness (QED) is 0.750. The fraction of sp³-hybridized carbons (Fsp3) is 0.429. The predicted molar refractivity (Wildman–Crippen MR) is 103 cm³/mol. The van der Waals surface area contributed by atoms with Crippen molar-refractivity contribution < 1.29 is 9.18 Å². The van der Waals surface area contributed by atoms with Gasteiger partial charge in [0.2, 0.25) is 0 Å². The van der Waals surface area contributed by atoms with Crippen LogP contribution in [-0.4, -0.2) is 37.9 Å². The van der Waals surface area contributed by atoms with Crippen molar-refractivity contribution in [2.24, 2.45) is 0 Å². The Morgan fingerprint density at radius 3 is 2.93 bits per heavy atom. The molecule has 1 atom stereocenters. The molecule has 4 rings (SSSR count). The molecule has 0 unspecified atom stereocenters. The highest BCUT2D eigenvalue weighted by molar-refractivity contribution is 6.01. The van der Waals surface area contributed by atoms with Crippen molar-refractivity contribution in [1.82, 2.24) is 19.4 Å². The van der Waals surface area contributed by atoms with Gasteiger partial charge in [-0.2, -0.15) is 0 Å². The molecule has 3 heterocycles. The number of imidazole rings is 1. The zero-order chi connectivity index (χ0) is 19.0. The number of para-hydroxylation sites is 1. The number of aryl methyl sites for hydroxylation is 3. The molecule has 1 N–H and O–H groups in total. The van der Waals surface area contributed by atoms with E-state index >= 15 is 0 Å². The lowest BCUT2D eigenvalue weighted by molar-refractivity contribution is 0.0589. The molecular weight excluding hydrogens is 343 g/mol. The lowest BCUT2D eigenvalue weighted by atomic mass is 9.98. The maximum atomic E-state index is 14.1. The number of carbonyl (C=O) groups excluding carboxylic acids is 1. The predicted octanol–water partition coefficient (Wildman–Crippen LogP) is 4.21. The van der Waals surface area contributed by atoms with Gasteiger partial charge in [0, 0.05) is 36.9 Å². The summed E-state index contributed by atoms with van der Waals surface area (Å²) in [6.07, 6.45) is 7.85. The molecule has 2 aromatic heterocycles. The van der Waals surface area contributed by atoms with Crippen LogP contribution in [-0.2, 0) is 6.54 Å². The molecule has 0 bridgehead atoms. The number of amides is 1. The molecule has 0 aliphatic carbocycles. The van der Waals surface area contributed by atoms with Gasteiger partial charge in [-0.05, 0) is 51.2 Å². The van der Waals surface area contributed by atoms with Gasteiger partial charge in [0.05, 0.1) is 5.52 Å². The Hall–Kier alpha value is -2.63. The first-order valence-electron chi connectivity index (χ1n) is 9.61. The van der Waals surface area contributed by atoms with Crippen LogP contribution in [0.15, 0.2) is 30.6 Å². The number of aromatic nitrogens is 3. The number of rotatable bonds is 4. The van der Waals surface area contributed by atoms with Gasteiger partial charge in [0.25, 0.3) is 5.91 Å². The Morgan fingerprint density at radius 2 is 2.19 bits per heavy atom. The van der Waals surface area contributed by atoms with Gasteiger partial charge >= 0.3 is 0 Å². The number of nitrogens with zero attached hydrogens (tertiary/aromatic N) is 3. The zero-order valence-electron chi connectivity index (χ0n) is 15.8. The molecule has 0 spiro atoms. The van der Waals surface area contributed by atoms with Crippen LogP contribution in [0.4, 0.5) is 4.39 Å². The van der Waals surface area contributed by atoms with Crippen LogP contribution in [0.1, 0.15) is 47.6 Å². The van der Waals surface area contributed by atoms with E-state index in [1.165, 1.54) is 6.07 Å². The van der Waals surface area contributed by atoms with Crippen molar-refractivity contribution in [2.75, 3.05) is 6.54 Å². The number of benzene rings is 1. The molecule has 1 fully saturated rings. The van der Waals surface area contributed by atoms with Crippen molar-refractivity contribution in [3.8, 4) is 0 Å². The number of fused-ring (bicyclic) bond motifs is 1. The third-order valence-electron chi connectivity index (χ3n) is 5.77. The van der Waals surface area contributed by atoms with Crippen LogP contribution in [0, 0.1) is 19.7 Å². The van der Waals surface area contributed by atoms with Crippen molar-refractivity contribution in [3.63, 3.8) is 0 Å². The minimum absolute atomic E-state index is 0.0184. The molecule has 1 saturated heterocycles. The monoisotopic (exact) mass is 368 g/mol. The first-order chi connectivity index (χ1) is 13.1. The van der Waals surface area contributed by atoms with Gasteiger partial charge in [-0.3, -0.25) is 4.79 Å². The number of likely N-dealkylation sites (tertiary alicyclic amines) is 1. The Morgan fingerprint density at radius 1 is 1.33 bits per heavy atom. The number of piperidine rings is 1. The molecule has 1 aliphatic rings. The maximum absolute atomic E-state index is 14.1. The van der Waals surface area contributed by atoms with E-state index in [2.05, 4.69) is 14.5 Å². The average Bonchev–Trinajstić information content (AvgIpc) is 3.24. The molecule has 142 valence electrons. The highest BCUT2D eigenvalue weighted by Crippen LogP contribution is 2.28. The van der Waals surface area contributed by atoms with Gasteiger partial charge in [-0.25, -0.2) is 9.37 Å². The number of halogens is 1. The van der Waals surface area contributed by atoms with Crippen molar-refractivity contribution in [3.05, 3.63) is 53.5 Å². The second kappa shape index (κ2) is 7.18. The minimum Gasteiger partial charge on any atom is -0.348 e. The van der Waals surface area contributed by atoms with Crippen LogP contribution in [0.5, 0.6) is 0 Å². The van der Waals surface area contributed by atoms with Crippen LogP contribution in [0.2, 0.25) is 0 Å². The van der Waals surface area contributed by atoms with E-state index in [9.17, 15) is 9.18 Å². The first kappa shape index (κ1) is 17.8. The second-order valence-electron chi connectivity index (χ2n) is 7.39. The molecule has 5 nitrogen and oxygen atoms in total. The highest BCUT2D eigenvalue weighted by atomic mass is 19.1. The summed E-state index contributed by atoms with van der Waals surface area (Å²) in [6, 6.07) is 5.16. The topological polar surface area (TPSA) is 53.9 Å². The number of carbonyl (C=O) groups is 1. The molecule has 27 heavy (non-hydrogen) atoms. The van der Waals surface area contributed by atoms with Crippen LogP contribution in [0.3, 0.4) is 0 Å². The van der Waals surface area contributed by atoms with Crippen LogP contribution < -0.4 is 0 Å². The third kappa shape index (κ3) is 3.24.